The molecule has 37 heavy (non-hydrogen) atoms. The molecule has 6 saturated carbocycles. The molecule has 1 heterocycles. The van der Waals surface area contributed by atoms with Crippen LogP contribution in [0.4, 0.5) is 8.78 Å². The van der Waals surface area contributed by atoms with Gasteiger partial charge in [-0.15, -0.1) is 0 Å². The fourth-order valence-electron chi connectivity index (χ4n) is 9.03. The largest absolute Gasteiger partial charge is 0.459 e. The maximum absolute atomic E-state index is 13.1. The molecule has 0 aromatic heterocycles. The van der Waals surface area contributed by atoms with E-state index in [1.165, 1.54) is 0 Å². The Morgan fingerprint density at radius 3 is 2.46 bits per heavy atom. The number of halogens is 2. The molecule has 7 atom stereocenters. The minimum Gasteiger partial charge on any atom is -0.459 e. The Kier molecular flexibility index (Phi) is 6.10. The average Bonchev–Trinajstić information content (AvgIpc) is 3.46. The molecule has 8 nitrogen and oxygen atoms in total. The Morgan fingerprint density at radius 1 is 1.05 bits per heavy atom. The minimum absolute atomic E-state index is 0.0195. The molecule has 1 aliphatic heterocycles. The molecule has 6 aliphatic carbocycles. The van der Waals surface area contributed by atoms with Crippen LogP contribution in [-0.2, 0) is 38.1 Å². The SMILES string of the molecule is CCC1(OCCOC(=O)C(C)(F)F)C2CC3CC1CC(OCC(=O)OC1C4CC5C(=O)OC1C5C4)(C3)C2. The first-order valence-corrected chi connectivity index (χ1v) is 13.8. The highest BCUT2D eigenvalue weighted by molar-refractivity contribution is 5.77. The van der Waals surface area contributed by atoms with Crippen molar-refractivity contribution >= 4 is 17.9 Å². The third-order valence-corrected chi connectivity index (χ3v) is 10.3. The van der Waals surface area contributed by atoms with Gasteiger partial charge in [0.1, 0.15) is 25.4 Å². The summed E-state index contributed by atoms with van der Waals surface area (Å²) in [5, 5.41) is 0. The average molecular weight is 527 g/mol. The van der Waals surface area contributed by atoms with Gasteiger partial charge in [0, 0.05) is 18.8 Å². The fourth-order valence-corrected chi connectivity index (χ4v) is 9.03. The zero-order valence-electron chi connectivity index (χ0n) is 21.4. The van der Waals surface area contributed by atoms with Crippen molar-refractivity contribution in [2.24, 2.45) is 35.5 Å². The summed E-state index contributed by atoms with van der Waals surface area (Å²) in [4.78, 5) is 36.2. The zero-order chi connectivity index (χ0) is 26.2. The third-order valence-electron chi connectivity index (χ3n) is 10.3. The number of fused-ring (bicyclic) bond motifs is 1. The van der Waals surface area contributed by atoms with Crippen LogP contribution in [0.1, 0.15) is 65.2 Å². The Hall–Kier alpha value is -1.81. The van der Waals surface area contributed by atoms with Gasteiger partial charge >= 0.3 is 23.8 Å². The second-order valence-corrected chi connectivity index (χ2v) is 12.4. The van der Waals surface area contributed by atoms with Gasteiger partial charge < -0.3 is 23.7 Å². The van der Waals surface area contributed by atoms with Gasteiger partial charge in [-0.1, -0.05) is 6.92 Å². The van der Waals surface area contributed by atoms with E-state index in [2.05, 4.69) is 6.92 Å². The lowest BCUT2D eigenvalue weighted by atomic mass is 9.47. The predicted molar refractivity (Wildman–Crippen MR) is 122 cm³/mol. The van der Waals surface area contributed by atoms with Crippen molar-refractivity contribution < 1.29 is 46.8 Å². The highest BCUT2D eigenvalue weighted by Crippen LogP contribution is 2.63. The second kappa shape index (κ2) is 8.86. The lowest BCUT2D eigenvalue weighted by Gasteiger charge is -2.64. The maximum atomic E-state index is 13.1. The van der Waals surface area contributed by atoms with E-state index in [0.717, 1.165) is 51.4 Å². The van der Waals surface area contributed by atoms with Crippen molar-refractivity contribution in [2.45, 2.75) is 94.5 Å². The van der Waals surface area contributed by atoms with Gasteiger partial charge in [0.25, 0.3) is 0 Å². The monoisotopic (exact) mass is 526 g/mol. The topological polar surface area (TPSA) is 97.4 Å². The first kappa shape index (κ1) is 25.5. The summed E-state index contributed by atoms with van der Waals surface area (Å²) in [5.41, 5.74) is -0.800. The van der Waals surface area contributed by atoms with Crippen molar-refractivity contribution in [2.75, 3.05) is 19.8 Å². The highest BCUT2D eigenvalue weighted by Gasteiger charge is 2.64. The number of hydrogen-bond donors (Lipinski definition) is 0. The summed E-state index contributed by atoms with van der Waals surface area (Å²) in [7, 11) is 0. The molecule has 7 fully saturated rings. The Balaban J connectivity index is 1.04. The molecule has 0 spiro atoms. The molecule has 0 aromatic rings. The van der Waals surface area contributed by atoms with Crippen LogP contribution >= 0.6 is 0 Å². The minimum atomic E-state index is -3.52. The molecule has 206 valence electrons. The third kappa shape index (κ3) is 4.17. The molecule has 0 N–H and O–H groups in total. The Bertz CT molecular complexity index is 947. The van der Waals surface area contributed by atoms with Gasteiger partial charge in [-0.3, -0.25) is 4.79 Å². The van der Waals surface area contributed by atoms with Crippen molar-refractivity contribution in [3.05, 3.63) is 0 Å². The van der Waals surface area contributed by atoms with Gasteiger partial charge in [-0.05, 0) is 69.1 Å². The molecule has 7 rings (SSSR count). The highest BCUT2D eigenvalue weighted by atomic mass is 19.3. The van der Waals surface area contributed by atoms with E-state index in [9.17, 15) is 23.2 Å². The van der Waals surface area contributed by atoms with E-state index >= 15 is 0 Å². The van der Waals surface area contributed by atoms with Crippen molar-refractivity contribution in [3.63, 3.8) is 0 Å². The van der Waals surface area contributed by atoms with Crippen molar-refractivity contribution in [1.29, 1.82) is 0 Å². The van der Waals surface area contributed by atoms with Crippen LogP contribution in [0.2, 0.25) is 0 Å². The van der Waals surface area contributed by atoms with E-state index in [4.69, 9.17) is 23.7 Å². The normalized spacial score (nSPS) is 44.8. The summed E-state index contributed by atoms with van der Waals surface area (Å²) in [6.45, 7) is 2.34. The lowest BCUT2D eigenvalue weighted by molar-refractivity contribution is -0.262. The molecule has 1 saturated heterocycles. The Labute approximate surface area is 215 Å². The van der Waals surface area contributed by atoms with E-state index in [0.29, 0.717) is 12.8 Å². The first-order chi connectivity index (χ1) is 17.5. The molecule has 7 aliphatic rings. The van der Waals surface area contributed by atoms with Crippen LogP contribution in [0, 0.1) is 35.5 Å². The van der Waals surface area contributed by atoms with Gasteiger partial charge in [0.15, 0.2) is 0 Å². The molecule has 10 heteroatoms. The summed E-state index contributed by atoms with van der Waals surface area (Å²) in [5.74, 6) is -4.30. The van der Waals surface area contributed by atoms with Crippen LogP contribution in [0.15, 0.2) is 0 Å². The number of rotatable bonds is 10. The van der Waals surface area contributed by atoms with Crippen LogP contribution in [0.3, 0.4) is 0 Å². The van der Waals surface area contributed by atoms with Gasteiger partial charge in [0.05, 0.1) is 23.7 Å². The molecule has 6 bridgehead atoms. The quantitative estimate of drug-likeness (QED) is 0.243. The molecule has 0 amide bonds. The number of carbonyl (C=O) groups is 3. The van der Waals surface area contributed by atoms with Gasteiger partial charge in [-0.25, -0.2) is 9.59 Å². The van der Waals surface area contributed by atoms with Crippen LogP contribution in [0.5, 0.6) is 0 Å². The summed E-state index contributed by atoms with van der Waals surface area (Å²) in [6, 6.07) is 0. The summed E-state index contributed by atoms with van der Waals surface area (Å²) in [6.07, 6.45) is 6.20. The smallest absolute Gasteiger partial charge is 0.376 e. The fraction of sp³-hybridized carbons (Fsp3) is 0.889. The number of ether oxygens (including phenoxy) is 5. The standard InChI is InChI=1S/C27H36F2O8/c1-3-27(34-5-4-33-24(32)25(2,28)29)16-6-14-7-17(27)12-26(10-14,11-16)35-13-20(30)36-21-15-8-18-19(9-15)23(31)37-22(18)21/h14-19,21-22H,3-13H2,1-2H3. The number of esters is 3. The van der Waals surface area contributed by atoms with Crippen molar-refractivity contribution in [1.82, 2.24) is 0 Å². The molecular weight excluding hydrogens is 490 g/mol. The first-order valence-electron chi connectivity index (χ1n) is 13.8. The maximum Gasteiger partial charge on any atom is 0.376 e. The molecule has 7 unspecified atom stereocenters. The molecule has 0 radical (unpaired) electrons. The Morgan fingerprint density at radius 2 is 1.78 bits per heavy atom. The number of hydrogen-bond acceptors (Lipinski definition) is 8. The van der Waals surface area contributed by atoms with Crippen LogP contribution < -0.4 is 0 Å². The molecule has 0 aromatic carbocycles. The second-order valence-electron chi connectivity index (χ2n) is 12.4. The molecular formula is C27H36F2O8. The van der Waals surface area contributed by atoms with Crippen LogP contribution in [0.25, 0.3) is 0 Å². The number of alkyl halides is 2. The summed E-state index contributed by atoms with van der Waals surface area (Å²) >= 11 is 0. The van der Waals surface area contributed by atoms with E-state index in [-0.39, 0.29) is 67.6 Å². The van der Waals surface area contributed by atoms with E-state index < -0.39 is 29.1 Å². The van der Waals surface area contributed by atoms with E-state index in [1.54, 1.807) is 0 Å². The van der Waals surface area contributed by atoms with Gasteiger partial charge in [0.2, 0.25) is 0 Å². The predicted octanol–water partition coefficient (Wildman–Crippen LogP) is 3.44. The van der Waals surface area contributed by atoms with Crippen LogP contribution in [-0.4, -0.2) is 67.1 Å². The van der Waals surface area contributed by atoms with Crippen molar-refractivity contribution in [3.8, 4) is 0 Å². The van der Waals surface area contributed by atoms with E-state index in [1.807, 2.05) is 0 Å². The van der Waals surface area contributed by atoms with Gasteiger partial charge in [-0.2, -0.15) is 8.78 Å². The number of carbonyl (C=O) groups excluding carboxylic acids is 3. The lowest BCUT2D eigenvalue weighted by Crippen LogP contribution is -2.65. The summed E-state index contributed by atoms with van der Waals surface area (Å²) < 4.78 is 54.8. The zero-order valence-corrected chi connectivity index (χ0v) is 21.4.